The van der Waals surface area contributed by atoms with E-state index in [9.17, 15) is 20.0 Å². The molecule has 2 rings (SSSR count). The Morgan fingerprint density at radius 1 is 1.48 bits per heavy atom. The third kappa shape index (κ3) is 3.82. The number of aryl methyl sites for hydroxylation is 1. The van der Waals surface area contributed by atoms with Crippen molar-refractivity contribution in [2.45, 2.75) is 6.92 Å². The molecule has 0 bridgehead atoms. The van der Waals surface area contributed by atoms with E-state index in [-0.39, 0.29) is 23.1 Å². The van der Waals surface area contributed by atoms with E-state index in [1.807, 2.05) is 0 Å². The first kappa shape index (κ1) is 16.0. The number of aromatic nitrogens is 1. The van der Waals surface area contributed by atoms with Crippen LogP contribution in [0.1, 0.15) is 5.56 Å². The van der Waals surface area contributed by atoms with Crippen LogP contribution in [0.2, 0.25) is 0 Å². The lowest BCUT2D eigenvalue weighted by atomic mass is 10.2. The Hall–Kier alpha value is -3.42. The average Bonchev–Trinajstić information content (AvgIpc) is 2.51. The highest BCUT2D eigenvalue weighted by atomic mass is 16.6. The summed E-state index contributed by atoms with van der Waals surface area (Å²) < 4.78 is 5.31. The van der Waals surface area contributed by atoms with Crippen LogP contribution in [-0.4, -0.2) is 20.9 Å². The summed E-state index contributed by atoms with van der Waals surface area (Å²) in [4.78, 5) is 25.5. The molecule has 0 aliphatic heterocycles. The van der Waals surface area contributed by atoms with E-state index in [2.05, 4.69) is 16.9 Å². The Morgan fingerprint density at radius 3 is 2.83 bits per heavy atom. The summed E-state index contributed by atoms with van der Waals surface area (Å²) in [6.07, 6.45) is 2.50. The van der Waals surface area contributed by atoms with Crippen molar-refractivity contribution in [3.8, 4) is 17.4 Å². The molecule has 1 aromatic heterocycles. The van der Waals surface area contributed by atoms with Gasteiger partial charge in [-0.2, -0.15) is 0 Å². The van der Waals surface area contributed by atoms with Crippen molar-refractivity contribution >= 4 is 17.3 Å². The first-order chi connectivity index (χ1) is 10.9. The number of pyridine rings is 1. The normalized spacial score (nSPS) is 9.96. The number of nitro groups is 1. The van der Waals surface area contributed by atoms with Crippen molar-refractivity contribution in [3.05, 3.63) is 58.8 Å². The van der Waals surface area contributed by atoms with Crippen LogP contribution in [0.3, 0.4) is 0 Å². The zero-order valence-corrected chi connectivity index (χ0v) is 12.1. The first-order valence-corrected chi connectivity index (χ1v) is 6.46. The number of rotatable bonds is 5. The number of aromatic hydroxyl groups is 1. The van der Waals surface area contributed by atoms with Crippen LogP contribution in [0, 0.1) is 17.0 Å². The largest absolute Gasteiger partial charge is 0.504 e. The summed E-state index contributed by atoms with van der Waals surface area (Å²) in [7, 11) is 0. The Bertz CT molecular complexity index is 789. The van der Waals surface area contributed by atoms with Gasteiger partial charge in [0.25, 0.3) is 5.88 Å². The lowest BCUT2D eigenvalue weighted by Crippen LogP contribution is -2.07. The number of phenolic OH excluding ortho intramolecular Hbond substituents is 1. The van der Waals surface area contributed by atoms with Crippen molar-refractivity contribution in [2.75, 3.05) is 5.32 Å². The van der Waals surface area contributed by atoms with E-state index in [0.29, 0.717) is 11.3 Å². The van der Waals surface area contributed by atoms with E-state index >= 15 is 0 Å². The minimum absolute atomic E-state index is 0.0268. The smallest absolute Gasteiger partial charge is 0.331 e. The first-order valence-electron chi connectivity index (χ1n) is 6.46. The lowest BCUT2D eigenvalue weighted by Gasteiger charge is -2.09. The highest BCUT2D eigenvalue weighted by molar-refractivity contribution is 5.99. The Balaban J connectivity index is 2.29. The fourth-order valence-corrected chi connectivity index (χ4v) is 1.73. The molecular weight excluding hydrogens is 302 g/mol. The van der Waals surface area contributed by atoms with Gasteiger partial charge in [0.2, 0.25) is 5.91 Å². The van der Waals surface area contributed by atoms with E-state index < -0.39 is 10.8 Å². The van der Waals surface area contributed by atoms with Gasteiger partial charge in [0.1, 0.15) is 0 Å². The van der Waals surface area contributed by atoms with Gasteiger partial charge in [-0.15, -0.1) is 0 Å². The van der Waals surface area contributed by atoms with Gasteiger partial charge in [0.15, 0.2) is 11.5 Å². The van der Waals surface area contributed by atoms with Crippen molar-refractivity contribution in [3.63, 3.8) is 0 Å². The summed E-state index contributed by atoms with van der Waals surface area (Å²) in [5, 5.41) is 23.4. The summed E-state index contributed by atoms with van der Waals surface area (Å²) in [6.45, 7) is 4.98. The van der Waals surface area contributed by atoms with Crippen molar-refractivity contribution < 1.29 is 19.6 Å². The average molecular weight is 315 g/mol. The van der Waals surface area contributed by atoms with E-state index in [1.165, 1.54) is 30.5 Å². The molecule has 8 nitrogen and oxygen atoms in total. The number of ether oxygens (including phenoxy) is 1. The molecule has 1 aromatic carbocycles. The Kier molecular flexibility index (Phi) is 4.55. The molecule has 2 aromatic rings. The van der Waals surface area contributed by atoms with Gasteiger partial charge < -0.3 is 15.2 Å². The van der Waals surface area contributed by atoms with Gasteiger partial charge in [0.05, 0.1) is 4.92 Å². The zero-order valence-electron chi connectivity index (χ0n) is 12.1. The number of nitrogens with one attached hydrogen (secondary N) is 1. The molecule has 1 amide bonds. The van der Waals surface area contributed by atoms with Gasteiger partial charge in [-0.1, -0.05) is 6.58 Å². The molecule has 0 aliphatic carbocycles. The molecule has 118 valence electrons. The molecule has 23 heavy (non-hydrogen) atoms. The predicted octanol–water partition coefficient (Wildman–Crippen LogP) is 2.92. The Morgan fingerprint density at radius 2 is 2.22 bits per heavy atom. The highest BCUT2D eigenvalue weighted by Crippen LogP contribution is 2.35. The lowest BCUT2D eigenvalue weighted by molar-refractivity contribution is -0.386. The van der Waals surface area contributed by atoms with Crippen molar-refractivity contribution in [2.24, 2.45) is 0 Å². The number of anilines is 1. The number of amides is 1. The van der Waals surface area contributed by atoms with Crippen LogP contribution in [-0.2, 0) is 4.79 Å². The van der Waals surface area contributed by atoms with Gasteiger partial charge in [-0.25, -0.2) is 4.98 Å². The van der Waals surface area contributed by atoms with E-state index in [0.717, 1.165) is 6.08 Å². The molecule has 0 fully saturated rings. The molecule has 0 aliphatic rings. The number of phenols is 1. The second-order valence-electron chi connectivity index (χ2n) is 4.57. The van der Waals surface area contributed by atoms with Crippen LogP contribution in [0.5, 0.6) is 17.4 Å². The van der Waals surface area contributed by atoms with Crippen molar-refractivity contribution in [1.82, 2.24) is 4.98 Å². The van der Waals surface area contributed by atoms with Crippen LogP contribution in [0.15, 0.2) is 43.1 Å². The van der Waals surface area contributed by atoms with Crippen LogP contribution in [0.25, 0.3) is 0 Å². The molecular formula is C15H13N3O5. The van der Waals surface area contributed by atoms with Crippen LogP contribution >= 0.6 is 0 Å². The predicted molar refractivity (Wildman–Crippen MR) is 82.6 cm³/mol. The topological polar surface area (TPSA) is 115 Å². The fourth-order valence-electron chi connectivity index (χ4n) is 1.73. The second kappa shape index (κ2) is 6.56. The molecule has 0 radical (unpaired) electrons. The van der Waals surface area contributed by atoms with Gasteiger partial charge in [-0.05, 0) is 30.7 Å². The fraction of sp³-hybridized carbons (Fsp3) is 0.0667. The Labute approximate surface area is 131 Å². The zero-order chi connectivity index (χ0) is 17.0. The molecule has 0 atom stereocenters. The number of hydrogen-bond donors (Lipinski definition) is 2. The van der Waals surface area contributed by atoms with Crippen LogP contribution in [0.4, 0.5) is 11.4 Å². The van der Waals surface area contributed by atoms with Crippen LogP contribution < -0.4 is 10.1 Å². The SMILES string of the molecule is C=CC(=O)Nc1ccc(Oc2ncc(C)cc2[N+](=O)[O-])c(O)c1. The molecule has 0 unspecified atom stereocenters. The highest BCUT2D eigenvalue weighted by Gasteiger charge is 2.19. The number of nitrogens with zero attached hydrogens (tertiary/aromatic N) is 2. The third-order valence-electron chi connectivity index (χ3n) is 2.78. The molecule has 1 heterocycles. The van der Waals surface area contributed by atoms with Crippen molar-refractivity contribution in [1.29, 1.82) is 0 Å². The van der Waals surface area contributed by atoms with Gasteiger partial charge in [-0.3, -0.25) is 14.9 Å². The van der Waals surface area contributed by atoms with Gasteiger partial charge >= 0.3 is 5.69 Å². The molecule has 0 saturated carbocycles. The maximum absolute atomic E-state index is 11.2. The summed E-state index contributed by atoms with van der Waals surface area (Å²) >= 11 is 0. The maximum Gasteiger partial charge on any atom is 0.331 e. The minimum Gasteiger partial charge on any atom is -0.504 e. The molecule has 0 spiro atoms. The summed E-state index contributed by atoms with van der Waals surface area (Å²) in [5.41, 5.74) is 0.621. The number of carbonyl (C=O) groups is 1. The monoisotopic (exact) mass is 315 g/mol. The van der Waals surface area contributed by atoms with Gasteiger partial charge in [0, 0.05) is 24.0 Å². The summed E-state index contributed by atoms with van der Waals surface area (Å²) in [6, 6.07) is 5.39. The van der Waals surface area contributed by atoms with E-state index in [1.54, 1.807) is 6.92 Å². The summed E-state index contributed by atoms with van der Waals surface area (Å²) in [5.74, 6) is -1.00. The second-order valence-corrected chi connectivity index (χ2v) is 4.57. The molecule has 0 saturated heterocycles. The number of hydrogen-bond acceptors (Lipinski definition) is 6. The third-order valence-corrected chi connectivity index (χ3v) is 2.78. The quantitative estimate of drug-likeness (QED) is 0.498. The standard InChI is InChI=1S/C15H13N3O5/c1-3-14(20)17-10-4-5-13(12(19)7-10)23-15-11(18(21)22)6-9(2)8-16-15/h3-8,19H,1H2,2H3,(H,17,20). The molecule has 8 heteroatoms. The molecule has 2 N–H and O–H groups in total. The number of benzene rings is 1. The number of carbonyl (C=O) groups excluding carboxylic acids is 1. The van der Waals surface area contributed by atoms with E-state index in [4.69, 9.17) is 4.74 Å². The maximum atomic E-state index is 11.2. The minimum atomic E-state index is -0.620.